The Kier molecular flexibility index (Phi) is 4.62. The first-order valence-electron chi connectivity index (χ1n) is 6.89. The van der Waals surface area contributed by atoms with Crippen LogP contribution in [0.25, 0.3) is 0 Å². The van der Waals surface area contributed by atoms with Crippen LogP contribution in [0.1, 0.15) is 26.7 Å². The third kappa shape index (κ3) is 3.81. The fourth-order valence-corrected chi connectivity index (χ4v) is 3.33. The standard InChI is InChI=1S/C14H19N3O3S/c1-3-17-10-4-5-14(17)16-21(19,20)13-8-6-12(7-9-13)15-11(2)18/h6-9H,3-5,10H2,1-2H3,(H,15,18)/b16-14+. The Hall–Kier alpha value is -1.89. The van der Waals surface area contributed by atoms with Gasteiger partial charge in [-0.25, -0.2) is 0 Å². The minimum Gasteiger partial charge on any atom is -0.360 e. The van der Waals surface area contributed by atoms with Gasteiger partial charge < -0.3 is 10.2 Å². The van der Waals surface area contributed by atoms with Crippen LogP contribution in [-0.2, 0) is 14.8 Å². The molecule has 6 nitrogen and oxygen atoms in total. The third-order valence-electron chi connectivity index (χ3n) is 3.27. The summed E-state index contributed by atoms with van der Waals surface area (Å²) in [6, 6.07) is 6.02. The second kappa shape index (κ2) is 6.26. The number of sulfonamides is 1. The van der Waals surface area contributed by atoms with Crippen LogP contribution in [0.15, 0.2) is 33.6 Å². The summed E-state index contributed by atoms with van der Waals surface area (Å²) in [6.07, 6.45) is 1.63. The number of hydrogen-bond acceptors (Lipinski definition) is 3. The molecule has 0 aromatic heterocycles. The molecule has 1 N–H and O–H groups in total. The van der Waals surface area contributed by atoms with Crippen molar-refractivity contribution in [2.45, 2.75) is 31.6 Å². The zero-order valence-corrected chi connectivity index (χ0v) is 13.0. The van der Waals surface area contributed by atoms with Crippen LogP contribution in [0.4, 0.5) is 5.69 Å². The van der Waals surface area contributed by atoms with Crippen molar-refractivity contribution in [1.82, 2.24) is 4.90 Å². The summed E-state index contributed by atoms with van der Waals surface area (Å²) in [4.78, 5) is 13.0. The van der Waals surface area contributed by atoms with E-state index in [1.165, 1.54) is 19.1 Å². The number of nitrogens with zero attached hydrogens (tertiary/aromatic N) is 2. The van der Waals surface area contributed by atoms with E-state index in [4.69, 9.17) is 0 Å². The molecule has 0 aliphatic carbocycles. The Bertz CT molecular complexity index is 651. The second-order valence-electron chi connectivity index (χ2n) is 4.87. The first-order valence-corrected chi connectivity index (χ1v) is 8.33. The predicted octanol–water partition coefficient (Wildman–Crippen LogP) is 1.85. The Labute approximate surface area is 124 Å². The fraction of sp³-hybridized carbons (Fsp3) is 0.429. The number of amidine groups is 1. The highest BCUT2D eigenvalue weighted by atomic mass is 32.2. The molecule has 0 bridgehead atoms. The van der Waals surface area contributed by atoms with Gasteiger partial charge in [-0.05, 0) is 37.6 Å². The molecule has 0 saturated carbocycles. The normalized spacial score (nSPS) is 17.2. The van der Waals surface area contributed by atoms with Crippen LogP contribution in [-0.4, -0.2) is 38.2 Å². The number of amides is 1. The van der Waals surface area contributed by atoms with Crippen LogP contribution in [0.3, 0.4) is 0 Å². The van der Waals surface area contributed by atoms with Gasteiger partial charge in [0.1, 0.15) is 5.84 Å². The maximum Gasteiger partial charge on any atom is 0.283 e. The second-order valence-corrected chi connectivity index (χ2v) is 6.48. The van der Waals surface area contributed by atoms with Crippen molar-refractivity contribution >= 4 is 27.5 Å². The molecule has 1 aliphatic heterocycles. The smallest absolute Gasteiger partial charge is 0.283 e. The number of benzene rings is 1. The van der Waals surface area contributed by atoms with Gasteiger partial charge in [-0.1, -0.05) is 0 Å². The maximum atomic E-state index is 12.3. The van der Waals surface area contributed by atoms with Gasteiger partial charge in [-0.2, -0.15) is 8.42 Å². The number of hydrogen-bond donors (Lipinski definition) is 1. The Morgan fingerprint density at radius 1 is 1.33 bits per heavy atom. The van der Waals surface area contributed by atoms with Gasteiger partial charge in [-0.15, -0.1) is 4.40 Å². The van der Waals surface area contributed by atoms with Gasteiger partial charge in [0.15, 0.2) is 0 Å². The minimum absolute atomic E-state index is 0.132. The highest BCUT2D eigenvalue weighted by molar-refractivity contribution is 7.90. The van der Waals surface area contributed by atoms with E-state index in [9.17, 15) is 13.2 Å². The topological polar surface area (TPSA) is 78.8 Å². The number of nitrogens with one attached hydrogen (secondary N) is 1. The first kappa shape index (κ1) is 15.5. The summed E-state index contributed by atoms with van der Waals surface area (Å²) in [5.41, 5.74) is 0.560. The van der Waals surface area contributed by atoms with Crippen molar-refractivity contribution in [3.63, 3.8) is 0 Å². The van der Waals surface area contributed by atoms with Crippen molar-refractivity contribution in [2.24, 2.45) is 4.40 Å². The number of anilines is 1. The molecule has 7 heteroatoms. The van der Waals surface area contributed by atoms with Gasteiger partial charge in [0, 0.05) is 32.1 Å². The van der Waals surface area contributed by atoms with E-state index >= 15 is 0 Å². The lowest BCUT2D eigenvalue weighted by Gasteiger charge is -2.15. The molecule has 1 fully saturated rings. The molecule has 21 heavy (non-hydrogen) atoms. The quantitative estimate of drug-likeness (QED) is 0.920. The van der Waals surface area contributed by atoms with Crippen molar-refractivity contribution in [1.29, 1.82) is 0 Å². The molecular formula is C14H19N3O3S. The monoisotopic (exact) mass is 309 g/mol. The lowest BCUT2D eigenvalue weighted by Crippen LogP contribution is -2.25. The SMILES string of the molecule is CCN1CCC/C1=N\S(=O)(=O)c1ccc(NC(C)=O)cc1. The van der Waals surface area contributed by atoms with Crippen LogP contribution in [0, 0.1) is 0 Å². The zero-order valence-electron chi connectivity index (χ0n) is 12.2. The van der Waals surface area contributed by atoms with Crippen molar-refractivity contribution in [3.8, 4) is 0 Å². The molecule has 1 aromatic rings. The van der Waals surface area contributed by atoms with Crippen LogP contribution in [0.5, 0.6) is 0 Å². The van der Waals surface area contributed by atoms with E-state index in [0.29, 0.717) is 17.9 Å². The first-order chi connectivity index (χ1) is 9.92. The van der Waals surface area contributed by atoms with Crippen molar-refractivity contribution in [2.75, 3.05) is 18.4 Å². The molecule has 1 amide bonds. The van der Waals surface area contributed by atoms with Gasteiger partial charge in [0.05, 0.1) is 4.90 Å². The molecule has 1 aromatic carbocycles. The van der Waals surface area contributed by atoms with E-state index in [-0.39, 0.29) is 10.8 Å². The summed E-state index contributed by atoms with van der Waals surface area (Å²) in [5.74, 6) is 0.429. The van der Waals surface area contributed by atoms with E-state index in [1.54, 1.807) is 12.1 Å². The van der Waals surface area contributed by atoms with Crippen LogP contribution in [0.2, 0.25) is 0 Å². The summed E-state index contributed by atoms with van der Waals surface area (Å²) in [7, 11) is -3.70. The van der Waals surface area contributed by atoms with Gasteiger partial charge >= 0.3 is 0 Å². The molecule has 114 valence electrons. The Morgan fingerprint density at radius 3 is 2.57 bits per heavy atom. The maximum absolute atomic E-state index is 12.3. The zero-order chi connectivity index (χ0) is 15.5. The van der Waals surface area contributed by atoms with E-state index in [1.807, 2.05) is 11.8 Å². The van der Waals surface area contributed by atoms with E-state index in [2.05, 4.69) is 9.71 Å². The van der Waals surface area contributed by atoms with Gasteiger partial charge in [0.2, 0.25) is 5.91 Å². The van der Waals surface area contributed by atoms with Gasteiger partial charge in [-0.3, -0.25) is 4.79 Å². The minimum atomic E-state index is -3.70. The summed E-state index contributed by atoms with van der Waals surface area (Å²) < 4.78 is 28.5. The molecule has 0 unspecified atom stereocenters. The summed E-state index contributed by atoms with van der Waals surface area (Å²) in [5, 5.41) is 2.59. The average molecular weight is 309 g/mol. The lowest BCUT2D eigenvalue weighted by molar-refractivity contribution is -0.114. The highest BCUT2D eigenvalue weighted by Gasteiger charge is 2.21. The number of carbonyl (C=O) groups excluding carboxylic acids is 1. The van der Waals surface area contributed by atoms with Crippen molar-refractivity contribution < 1.29 is 13.2 Å². The summed E-state index contributed by atoms with van der Waals surface area (Å²) >= 11 is 0. The number of carbonyl (C=O) groups is 1. The summed E-state index contributed by atoms with van der Waals surface area (Å²) in [6.45, 7) is 4.99. The molecular weight excluding hydrogens is 290 g/mol. The fourth-order valence-electron chi connectivity index (χ4n) is 2.26. The van der Waals surface area contributed by atoms with E-state index in [0.717, 1.165) is 19.5 Å². The predicted molar refractivity (Wildman–Crippen MR) is 81.8 cm³/mol. The molecule has 1 heterocycles. The Balaban J connectivity index is 2.23. The van der Waals surface area contributed by atoms with E-state index < -0.39 is 10.0 Å². The van der Waals surface area contributed by atoms with Crippen LogP contribution < -0.4 is 5.32 Å². The number of rotatable bonds is 4. The lowest BCUT2D eigenvalue weighted by atomic mass is 10.3. The third-order valence-corrected chi connectivity index (χ3v) is 4.59. The molecule has 0 radical (unpaired) electrons. The largest absolute Gasteiger partial charge is 0.360 e. The van der Waals surface area contributed by atoms with Crippen LogP contribution >= 0.6 is 0 Å². The average Bonchev–Trinajstić information content (AvgIpc) is 2.85. The molecule has 0 spiro atoms. The Morgan fingerprint density at radius 2 is 2.00 bits per heavy atom. The van der Waals surface area contributed by atoms with Crippen molar-refractivity contribution in [3.05, 3.63) is 24.3 Å². The molecule has 0 atom stereocenters. The number of likely N-dealkylation sites (tertiary alicyclic amines) is 1. The van der Waals surface area contributed by atoms with Gasteiger partial charge in [0.25, 0.3) is 10.0 Å². The molecule has 1 aliphatic rings. The molecule has 1 saturated heterocycles. The highest BCUT2D eigenvalue weighted by Crippen LogP contribution is 2.19. The molecule has 2 rings (SSSR count).